The molecular weight excluding hydrogens is 275 g/mol. The van der Waals surface area contributed by atoms with Gasteiger partial charge in [-0.25, -0.2) is 0 Å². The van der Waals surface area contributed by atoms with E-state index in [2.05, 4.69) is 42.4 Å². The van der Waals surface area contributed by atoms with E-state index >= 15 is 0 Å². The van der Waals surface area contributed by atoms with E-state index in [4.69, 9.17) is 0 Å². The highest BCUT2D eigenvalue weighted by Gasteiger charge is 2.32. The van der Waals surface area contributed by atoms with Gasteiger partial charge in [0.15, 0.2) is 6.71 Å². The van der Waals surface area contributed by atoms with Crippen molar-refractivity contribution >= 4 is 6.71 Å². The van der Waals surface area contributed by atoms with Crippen LogP contribution in [0.2, 0.25) is 11.6 Å². The lowest BCUT2D eigenvalue weighted by Crippen LogP contribution is -2.28. The van der Waals surface area contributed by atoms with Gasteiger partial charge in [-0.15, -0.1) is 5.98 Å². The molecular formula is C22H33B. The number of aryl methyl sites for hydroxylation is 1. The van der Waals surface area contributed by atoms with Crippen molar-refractivity contribution in [3.63, 3.8) is 0 Å². The summed E-state index contributed by atoms with van der Waals surface area (Å²) in [6, 6.07) is 10.9. The molecule has 0 atom stereocenters. The molecule has 1 aromatic rings. The normalized spacial score (nSPS) is 20.9. The van der Waals surface area contributed by atoms with Crippen LogP contribution in [0.25, 0.3) is 0 Å². The summed E-state index contributed by atoms with van der Waals surface area (Å²) >= 11 is 0. The first-order valence-corrected chi connectivity index (χ1v) is 10.1. The Hall–Kier alpha value is -0.975. The van der Waals surface area contributed by atoms with Crippen molar-refractivity contribution in [2.24, 2.45) is 0 Å². The van der Waals surface area contributed by atoms with E-state index in [0.717, 1.165) is 18.3 Å². The molecule has 2 saturated carbocycles. The smallest absolute Gasteiger partial charge is 0.118 e. The summed E-state index contributed by atoms with van der Waals surface area (Å²) in [7, 11) is 0. The predicted molar refractivity (Wildman–Crippen MR) is 103 cm³/mol. The van der Waals surface area contributed by atoms with Crippen LogP contribution < -0.4 is 0 Å². The number of benzene rings is 1. The number of allylic oxidation sites excluding steroid dienone is 1. The molecule has 23 heavy (non-hydrogen) atoms. The molecule has 0 unspecified atom stereocenters. The van der Waals surface area contributed by atoms with Gasteiger partial charge in [-0.3, -0.25) is 0 Å². The topological polar surface area (TPSA) is 0 Å². The zero-order valence-electron chi connectivity index (χ0n) is 14.8. The fourth-order valence-corrected chi connectivity index (χ4v) is 4.89. The van der Waals surface area contributed by atoms with Crippen LogP contribution in [0.4, 0.5) is 0 Å². The first kappa shape index (κ1) is 16.9. The van der Waals surface area contributed by atoms with Crippen molar-refractivity contribution in [2.45, 2.75) is 88.7 Å². The standard InChI is InChI=1S/C22H33B/c1-4-12-20(13-5-1)14-10-11-19-23(21-15-6-2-7-16-21)22-17-8-3-9-18-22/h1,4-5,11-13,19,21-22H,2-3,6-10,14-18H2/b19-11+. The Labute approximate surface area is 143 Å². The lowest BCUT2D eigenvalue weighted by molar-refractivity contribution is 0.464. The second-order valence-electron chi connectivity index (χ2n) is 7.83. The average Bonchev–Trinajstić information content (AvgIpc) is 2.64. The second-order valence-corrected chi connectivity index (χ2v) is 7.83. The lowest BCUT2D eigenvalue weighted by atomic mass is 9.30. The van der Waals surface area contributed by atoms with Gasteiger partial charge in [-0.2, -0.15) is 0 Å². The summed E-state index contributed by atoms with van der Waals surface area (Å²) in [5, 5.41) is 0. The van der Waals surface area contributed by atoms with Crippen LogP contribution in [0.1, 0.15) is 76.2 Å². The second kappa shape index (κ2) is 9.35. The average molecular weight is 308 g/mol. The van der Waals surface area contributed by atoms with E-state index < -0.39 is 0 Å². The molecule has 2 aliphatic carbocycles. The molecule has 0 radical (unpaired) electrons. The zero-order valence-corrected chi connectivity index (χ0v) is 14.8. The van der Waals surface area contributed by atoms with Gasteiger partial charge in [-0.1, -0.05) is 112 Å². The zero-order chi connectivity index (χ0) is 15.7. The van der Waals surface area contributed by atoms with E-state index in [1.807, 2.05) is 0 Å². The Kier molecular flexibility index (Phi) is 6.86. The summed E-state index contributed by atoms with van der Waals surface area (Å²) < 4.78 is 0. The Bertz CT molecular complexity index is 434. The third-order valence-electron chi connectivity index (χ3n) is 6.19. The highest BCUT2D eigenvalue weighted by atomic mass is 14.2. The molecule has 1 heteroatoms. The Morgan fingerprint density at radius 3 is 1.91 bits per heavy atom. The number of hydrogen-bond acceptors (Lipinski definition) is 0. The maximum atomic E-state index is 2.65. The van der Waals surface area contributed by atoms with E-state index in [1.54, 1.807) is 0 Å². The molecule has 2 aliphatic rings. The van der Waals surface area contributed by atoms with E-state index in [9.17, 15) is 0 Å². The molecule has 0 heterocycles. The van der Waals surface area contributed by atoms with Crippen LogP contribution in [0, 0.1) is 0 Å². The molecule has 124 valence electrons. The Balaban J connectivity index is 1.56. The van der Waals surface area contributed by atoms with Crippen LogP contribution in [-0.2, 0) is 6.42 Å². The van der Waals surface area contributed by atoms with Crippen LogP contribution >= 0.6 is 0 Å². The van der Waals surface area contributed by atoms with Crippen molar-refractivity contribution < 1.29 is 0 Å². The van der Waals surface area contributed by atoms with Gasteiger partial charge in [0.25, 0.3) is 0 Å². The van der Waals surface area contributed by atoms with Crippen molar-refractivity contribution in [3.8, 4) is 0 Å². The summed E-state index contributed by atoms with van der Waals surface area (Å²) in [4.78, 5) is 0. The summed E-state index contributed by atoms with van der Waals surface area (Å²) in [6.07, 6.45) is 19.7. The molecule has 0 amide bonds. The van der Waals surface area contributed by atoms with Gasteiger partial charge in [0, 0.05) is 0 Å². The summed E-state index contributed by atoms with van der Waals surface area (Å²) in [5.74, 6) is 4.62. The van der Waals surface area contributed by atoms with Gasteiger partial charge in [-0.05, 0) is 18.4 Å². The molecule has 0 nitrogen and oxygen atoms in total. The van der Waals surface area contributed by atoms with Crippen LogP contribution in [-0.4, -0.2) is 6.71 Å². The fourth-order valence-electron chi connectivity index (χ4n) is 4.89. The van der Waals surface area contributed by atoms with E-state index in [0.29, 0.717) is 0 Å². The first-order chi connectivity index (χ1) is 11.4. The molecule has 2 fully saturated rings. The molecule has 0 aromatic heterocycles. The van der Waals surface area contributed by atoms with Crippen LogP contribution in [0.3, 0.4) is 0 Å². The SMILES string of the molecule is C(=C\B(C1CCCCC1)C1CCCCC1)/CCc1ccccc1. The van der Waals surface area contributed by atoms with Crippen molar-refractivity contribution in [3.05, 3.63) is 47.9 Å². The van der Waals surface area contributed by atoms with Crippen LogP contribution in [0.5, 0.6) is 0 Å². The minimum atomic E-state index is 0.881. The van der Waals surface area contributed by atoms with Gasteiger partial charge >= 0.3 is 0 Å². The van der Waals surface area contributed by atoms with Crippen molar-refractivity contribution in [1.82, 2.24) is 0 Å². The van der Waals surface area contributed by atoms with Crippen molar-refractivity contribution in [1.29, 1.82) is 0 Å². The molecule has 0 spiro atoms. The molecule has 0 saturated heterocycles. The van der Waals surface area contributed by atoms with Gasteiger partial charge in [0.05, 0.1) is 0 Å². The predicted octanol–water partition coefficient (Wildman–Crippen LogP) is 6.88. The van der Waals surface area contributed by atoms with E-state index in [1.165, 1.54) is 82.6 Å². The number of rotatable bonds is 6. The minimum Gasteiger partial charge on any atom is -0.118 e. The van der Waals surface area contributed by atoms with Crippen molar-refractivity contribution in [2.75, 3.05) is 0 Å². The minimum absolute atomic E-state index is 0.881. The Morgan fingerprint density at radius 2 is 1.35 bits per heavy atom. The van der Waals surface area contributed by atoms with E-state index in [-0.39, 0.29) is 0 Å². The first-order valence-electron chi connectivity index (χ1n) is 10.1. The van der Waals surface area contributed by atoms with Gasteiger partial charge in [0.1, 0.15) is 0 Å². The van der Waals surface area contributed by atoms with Crippen LogP contribution in [0.15, 0.2) is 42.4 Å². The molecule has 0 N–H and O–H groups in total. The molecule has 3 rings (SSSR count). The van der Waals surface area contributed by atoms with Gasteiger partial charge < -0.3 is 0 Å². The quantitative estimate of drug-likeness (QED) is 0.502. The Morgan fingerprint density at radius 1 is 0.783 bits per heavy atom. The maximum Gasteiger partial charge on any atom is 0.172 e. The summed E-state index contributed by atoms with van der Waals surface area (Å²) in [6.45, 7) is 0.881. The molecule has 0 aliphatic heterocycles. The number of hydrogen-bond donors (Lipinski definition) is 0. The third-order valence-corrected chi connectivity index (χ3v) is 6.19. The molecule has 0 bridgehead atoms. The van der Waals surface area contributed by atoms with Gasteiger partial charge in [0.2, 0.25) is 0 Å². The highest BCUT2D eigenvalue weighted by Crippen LogP contribution is 2.41. The highest BCUT2D eigenvalue weighted by molar-refractivity contribution is 6.67. The monoisotopic (exact) mass is 308 g/mol. The maximum absolute atomic E-state index is 2.65. The molecule has 1 aromatic carbocycles. The lowest BCUT2D eigenvalue weighted by Gasteiger charge is -2.34. The third kappa shape index (κ3) is 5.26. The largest absolute Gasteiger partial charge is 0.172 e. The summed E-state index contributed by atoms with van der Waals surface area (Å²) in [5.41, 5.74) is 1.48. The fraction of sp³-hybridized carbons (Fsp3) is 0.636.